The van der Waals surface area contributed by atoms with Crippen molar-refractivity contribution in [2.75, 3.05) is 13.7 Å². The molecule has 2 saturated carbocycles. The first-order valence-electron chi connectivity index (χ1n) is 8.22. The first kappa shape index (κ1) is 12.8. The molecule has 0 spiro atoms. The molecule has 108 valence electrons. The summed E-state index contributed by atoms with van der Waals surface area (Å²) in [6.45, 7) is 0.883. The van der Waals surface area contributed by atoms with Gasteiger partial charge in [-0.05, 0) is 68.0 Å². The van der Waals surface area contributed by atoms with Crippen LogP contribution in [-0.2, 0) is 11.2 Å². The summed E-state index contributed by atoms with van der Waals surface area (Å²) in [5, 5.41) is 3.58. The number of nitrogens with one attached hydrogen (secondary N) is 1. The quantitative estimate of drug-likeness (QED) is 0.907. The second-order valence-corrected chi connectivity index (χ2v) is 6.93. The van der Waals surface area contributed by atoms with Gasteiger partial charge in [-0.25, -0.2) is 0 Å². The van der Waals surface area contributed by atoms with Crippen molar-refractivity contribution in [1.82, 2.24) is 5.32 Å². The van der Waals surface area contributed by atoms with Gasteiger partial charge in [-0.1, -0.05) is 24.3 Å². The summed E-state index contributed by atoms with van der Waals surface area (Å²) in [7, 11) is 2.13. The molecule has 0 radical (unpaired) electrons. The molecule has 0 bridgehead atoms. The Morgan fingerprint density at radius 2 is 2.00 bits per heavy atom. The fraction of sp³-hybridized carbons (Fsp3) is 0.667. The zero-order valence-electron chi connectivity index (χ0n) is 12.3. The van der Waals surface area contributed by atoms with Gasteiger partial charge in [-0.15, -0.1) is 0 Å². The van der Waals surface area contributed by atoms with Gasteiger partial charge in [0.05, 0.1) is 12.7 Å². The third kappa shape index (κ3) is 2.29. The molecule has 4 unspecified atom stereocenters. The van der Waals surface area contributed by atoms with Crippen molar-refractivity contribution in [2.45, 2.75) is 44.2 Å². The number of hydrogen-bond acceptors (Lipinski definition) is 2. The third-order valence-corrected chi connectivity index (χ3v) is 5.78. The maximum Gasteiger partial charge on any atom is 0.0842 e. The van der Waals surface area contributed by atoms with Crippen LogP contribution in [0.3, 0.4) is 0 Å². The fourth-order valence-corrected chi connectivity index (χ4v) is 4.54. The average molecular weight is 271 g/mol. The molecular weight excluding hydrogens is 246 g/mol. The Kier molecular flexibility index (Phi) is 3.31. The minimum Gasteiger partial charge on any atom is -0.373 e. The van der Waals surface area contributed by atoms with Gasteiger partial charge >= 0.3 is 0 Å². The van der Waals surface area contributed by atoms with Gasteiger partial charge in [-0.3, -0.25) is 0 Å². The van der Waals surface area contributed by atoms with Gasteiger partial charge in [0.1, 0.15) is 0 Å². The van der Waals surface area contributed by atoms with E-state index in [4.69, 9.17) is 4.74 Å². The molecule has 2 fully saturated rings. The lowest BCUT2D eigenvalue weighted by Crippen LogP contribution is -2.36. The standard InChI is InChI=1S/C18H25NO/c1-19-17(15-9-13-8-14(13)10-15)11-18-16-5-3-2-4-12(16)6-7-20-18/h2-5,13-15,17-19H,6-11H2,1H3. The van der Waals surface area contributed by atoms with Gasteiger partial charge < -0.3 is 10.1 Å². The second-order valence-electron chi connectivity index (χ2n) is 6.93. The minimum atomic E-state index is 0.300. The van der Waals surface area contributed by atoms with E-state index in [-0.39, 0.29) is 0 Å². The highest BCUT2D eigenvalue weighted by molar-refractivity contribution is 5.31. The number of hydrogen-bond donors (Lipinski definition) is 1. The summed E-state index contributed by atoms with van der Waals surface area (Å²) in [6.07, 6.45) is 6.92. The number of benzene rings is 1. The molecular formula is C18H25NO. The molecule has 3 aliphatic rings. The van der Waals surface area contributed by atoms with E-state index >= 15 is 0 Å². The Balaban J connectivity index is 1.47. The van der Waals surface area contributed by atoms with E-state index in [9.17, 15) is 0 Å². The summed E-state index contributed by atoms with van der Waals surface area (Å²) in [5.41, 5.74) is 2.93. The zero-order chi connectivity index (χ0) is 13.5. The summed E-state index contributed by atoms with van der Waals surface area (Å²) >= 11 is 0. The van der Waals surface area contributed by atoms with Crippen LogP contribution in [0.5, 0.6) is 0 Å². The molecule has 4 atom stereocenters. The Hall–Kier alpha value is -0.860. The van der Waals surface area contributed by atoms with Gasteiger partial charge in [0.25, 0.3) is 0 Å². The first-order valence-corrected chi connectivity index (χ1v) is 8.22. The Morgan fingerprint density at radius 3 is 2.80 bits per heavy atom. The van der Waals surface area contributed by atoms with Gasteiger partial charge in [0.2, 0.25) is 0 Å². The van der Waals surface area contributed by atoms with Crippen LogP contribution in [0.15, 0.2) is 24.3 Å². The van der Waals surface area contributed by atoms with Crippen molar-refractivity contribution < 1.29 is 4.74 Å². The molecule has 1 heterocycles. The molecule has 2 nitrogen and oxygen atoms in total. The van der Waals surface area contributed by atoms with Gasteiger partial charge in [0.15, 0.2) is 0 Å². The van der Waals surface area contributed by atoms with Crippen LogP contribution in [0.25, 0.3) is 0 Å². The average Bonchev–Trinajstić information content (AvgIpc) is 3.11. The van der Waals surface area contributed by atoms with Crippen molar-refractivity contribution in [2.24, 2.45) is 17.8 Å². The van der Waals surface area contributed by atoms with Crippen LogP contribution < -0.4 is 5.32 Å². The molecule has 0 aromatic heterocycles. The van der Waals surface area contributed by atoms with Crippen LogP contribution in [0.4, 0.5) is 0 Å². The lowest BCUT2D eigenvalue weighted by Gasteiger charge is -2.32. The normalized spacial score (nSPS) is 36.2. The highest BCUT2D eigenvalue weighted by Crippen LogP contribution is 2.55. The molecule has 2 heteroatoms. The van der Waals surface area contributed by atoms with Crippen molar-refractivity contribution >= 4 is 0 Å². The number of ether oxygens (including phenoxy) is 1. The predicted octanol–water partition coefficient (Wildman–Crippen LogP) is 3.32. The Bertz CT molecular complexity index is 476. The minimum absolute atomic E-state index is 0.300. The van der Waals surface area contributed by atoms with Gasteiger partial charge in [-0.2, -0.15) is 0 Å². The lowest BCUT2D eigenvalue weighted by atomic mass is 9.86. The van der Waals surface area contributed by atoms with Crippen molar-refractivity contribution in [3.63, 3.8) is 0 Å². The Labute approximate surface area is 121 Å². The van der Waals surface area contributed by atoms with Crippen molar-refractivity contribution in [3.05, 3.63) is 35.4 Å². The van der Waals surface area contributed by atoms with Crippen LogP contribution in [0, 0.1) is 17.8 Å². The summed E-state index contributed by atoms with van der Waals surface area (Å²) in [5.74, 6) is 3.01. The highest BCUT2D eigenvalue weighted by atomic mass is 16.5. The third-order valence-electron chi connectivity index (χ3n) is 5.78. The zero-order valence-corrected chi connectivity index (χ0v) is 12.3. The largest absolute Gasteiger partial charge is 0.373 e. The van der Waals surface area contributed by atoms with E-state index in [1.807, 2.05) is 0 Å². The SMILES string of the molecule is CNC(CC1OCCc2ccccc21)C1CC2CC2C1. The van der Waals surface area contributed by atoms with E-state index in [0.29, 0.717) is 12.1 Å². The van der Waals surface area contributed by atoms with E-state index in [2.05, 4.69) is 36.6 Å². The summed E-state index contributed by atoms with van der Waals surface area (Å²) in [4.78, 5) is 0. The van der Waals surface area contributed by atoms with Crippen molar-refractivity contribution in [1.29, 1.82) is 0 Å². The number of fused-ring (bicyclic) bond motifs is 2. The molecule has 4 rings (SSSR count). The van der Waals surface area contributed by atoms with Crippen LogP contribution in [-0.4, -0.2) is 19.7 Å². The molecule has 1 N–H and O–H groups in total. The van der Waals surface area contributed by atoms with Crippen molar-refractivity contribution in [3.8, 4) is 0 Å². The molecule has 1 aliphatic heterocycles. The van der Waals surface area contributed by atoms with E-state index in [1.165, 1.54) is 30.4 Å². The molecule has 2 aliphatic carbocycles. The predicted molar refractivity (Wildman–Crippen MR) is 80.6 cm³/mol. The lowest BCUT2D eigenvalue weighted by molar-refractivity contribution is 0.0248. The molecule has 20 heavy (non-hydrogen) atoms. The van der Waals surface area contributed by atoms with Crippen LogP contribution in [0.2, 0.25) is 0 Å². The topological polar surface area (TPSA) is 21.3 Å². The van der Waals surface area contributed by atoms with Gasteiger partial charge in [0, 0.05) is 6.04 Å². The van der Waals surface area contributed by atoms with E-state index < -0.39 is 0 Å². The maximum atomic E-state index is 6.09. The first-order chi connectivity index (χ1) is 9.85. The maximum absolute atomic E-state index is 6.09. The molecule has 1 aromatic carbocycles. The van der Waals surface area contributed by atoms with E-state index in [1.54, 1.807) is 0 Å². The second kappa shape index (κ2) is 5.16. The van der Waals surface area contributed by atoms with Crippen LogP contribution >= 0.6 is 0 Å². The molecule has 0 amide bonds. The smallest absolute Gasteiger partial charge is 0.0842 e. The number of rotatable bonds is 4. The highest BCUT2D eigenvalue weighted by Gasteiger charge is 2.47. The van der Waals surface area contributed by atoms with E-state index in [0.717, 1.165) is 37.2 Å². The fourth-order valence-electron chi connectivity index (χ4n) is 4.54. The summed E-state index contributed by atoms with van der Waals surface area (Å²) < 4.78 is 6.09. The Morgan fingerprint density at radius 1 is 1.20 bits per heavy atom. The summed E-state index contributed by atoms with van der Waals surface area (Å²) in [6, 6.07) is 9.46. The van der Waals surface area contributed by atoms with Crippen LogP contribution in [0.1, 0.15) is 42.9 Å². The molecule has 0 saturated heterocycles. The molecule has 1 aromatic rings. The monoisotopic (exact) mass is 271 g/mol.